The molecule has 0 aliphatic carbocycles. The molecule has 0 radical (unpaired) electrons. The molecule has 124 valence electrons. The quantitative estimate of drug-likeness (QED) is 0.783. The molecular formula is C19H20N2O3. The minimum Gasteiger partial charge on any atom is -0.492 e. The molecule has 2 N–H and O–H groups in total. The SMILES string of the molecule is CCn1c(N)cc2c(OC)c(OCc3ccccc3)ccc2c1=O. The van der Waals surface area contributed by atoms with Gasteiger partial charge in [0.2, 0.25) is 0 Å². The van der Waals surface area contributed by atoms with E-state index in [9.17, 15) is 4.79 Å². The van der Waals surface area contributed by atoms with Crippen LogP contribution in [0.3, 0.4) is 0 Å². The molecule has 3 rings (SSSR count). The van der Waals surface area contributed by atoms with E-state index < -0.39 is 0 Å². The molecule has 24 heavy (non-hydrogen) atoms. The van der Waals surface area contributed by atoms with E-state index in [4.69, 9.17) is 15.2 Å². The van der Waals surface area contributed by atoms with Crippen LogP contribution in [0.25, 0.3) is 10.8 Å². The molecule has 0 unspecified atom stereocenters. The topological polar surface area (TPSA) is 66.5 Å². The first-order valence-corrected chi connectivity index (χ1v) is 7.82. The summed E-state index contributed by atoms with van der Waals surface area (Å²) in [4.78, 5) is 12.5. The van der Waals surface area contributed by atoms with Gasteiger partial charge in [0.15, 0.2) is 11.5 Å². The van der Waals surface area contributed by atoms with Crippen molar-refractivity contribution in [3.63, 3.8) is 0 Å². The van der Waals surface area contributed by atoms with Crippen molar-refractivity contribution in [2.75, 3.05) is 12.8 Å². The second-order valence-corrected chi connectivity index (χ2v) is 5.45. The number of pyridine rings is 1. The van der Waals surface area contributed by atoms with Gasteiger partial charge in [0.05, 0.1) is 12.5 Å². The van der Waals surface area contributed by atoms with E-state index in [2.05, 4.69) is 0 Å². The highest BCUT2D eigenvalue weighted by atomic mass is 16.5. The predicted molar refractivity (Wildman–Crippen MR) is 95.6 cm³/mol. The summed E-state index contributed by atoms with van der Waals surface area (Å²) in [5.41, 5.74) is 6.93. The fourth-order valence-electron chi connectivity index (χ4n) is 2.78. The lowest BCUT2D eigenvalue weighted by Gasteiger charge is -2.15. The largest absolute Gasteiger partial charge is 0.492 e. The molecule has 2 aromatic carbocycles. The van der Waals surface area contributed by atoms with Crippen molar-refractivity contribution in [1.29, 1.82) is 0 Å². The molecule has 1 heterocycles. The molecule has 5 nitrogen and oxygen atoms in total. The maximum Gasteiger partial charge on any atom is 0.260 e. The van der Waals surface area contributed by atoms with Gasteiger partial charge in [0, 0.05) is 11.9 Å². The van der Waals surface area contributed by atoms with E-state index in [-0.39, 0.29) is 5.56 Å². The molecule has 0 aliphatic heterocycles. The van der Waals surface area contributed by atoms with Gasteiger partial charge in [0.1, 0.15) is 12.4 Å². The standard InChI is InChI=1S/C19H20N2O3/c1-3-21-17(20)11-15-14(19(21)22)9-10-16(18(15)23-2)24-12-13-7-5-4-6-8-13/h4-11H,3,12,20H2,1-2H3. The van der Waals surface area contributed by atoms with Crippen LogP contribution in [0.4, 0.5) is 5.82 Å². The first-order chi connectivity index (χ1) is 11.7. The molecule has 0 aliphatic rings. The maximum absolute atomic E-state index is 12.5. The highest BCUT2D eigenvalue weighted by Gasteiger charge is 2.14. The zero-order chi connectivity index (χ0) is 17.1. The number of methoxy groups -OCH3 is 1. The van der Waals surface area contributed by atoms with Gasteiger partial charge >= 0.3 is 0 Å². The summed E-state index contributed by atoms with van der Waals surface area (Å²) in [6, 6.07) is 15.1. The van der Waals surface area contributed by atoms with E-state index >= 15 is 0 Å². The Morgan fingerprint density at radius 1 is 1.08 bits per heavy atom. The molecule has 0 fully saturated rings. The van der Waals surface area contributed by atoms with Crippen molar-refractivity contribution in [2.24, 2.45) is 0 Å². The first-order valence-electron chi connectivity index (χ1n) is 7.82. The molecule has 0 saturated carbocycles. The van der Waals surface area contributed by atoms with Crippen molar-refractivity contribution in [1.82, 2.24) is 4.57 Å². The third kappa shape index (κ3) is 2.80. The molecule has 0 atom stereocenters. The van der Waals surface area contributed by atoms with Gasteiger partial charge in [-0.25, -0.2) is 0 Å². The van der Waals surface area contributed by atoms with Crippen LogP contribution in [0.15, 0.2) is 53.3 Å². The normalized spacial score (nSPS) is 10.8. The second kappa shape index (κ2) is 6.66. The van der Waals surface area contributed by atoms with E-state index in [1.807, 2.05) is 37.3 Å². The number of fused-ring (bicyclic) bond motifs is 1. The van der Waals surface area contributed by atoms with Crippen LogP contribution in [-0.2, 0) is 13.2 Å². The molecule has 0 bridgehead atoms. The lowest BCUT2D eigenvalue weighted by molar-refractivity contribution is 0.286. The van der Waals surface area contributed by atoms with Gasteiger partial charge in [0.25, 0.3) is 5.56 Å². The van der Waals surface area contributed by atoms with E-state index in [1.54, 1.807) is 25.3 Å². The highest BCUT2D eigenvalue weighted by Crippen LogP contribution is 2.35. The number of hydrogen-bond acceptors (Lipinski definition) is 4. The summed E-state index contributed by atoms with van der Waals surface area (Å²) in [7, 11) is 1.56. The molecule has 1 aromatic heterocycles. The Bertz CT molecular complexity index is 917. The number of benzene rings is 2. The first kappa shape index (κ1) is 15.9. The Morgan fingerprint density at radius 2 is 1.83 bits per heavy atom. The van der Waals surface area contributed by atoms with Crippen LogP contribution in [-0.4, -0.2) is 11.7 Å². The summed E-state index contributed by atoms with van der Waals surface area (Å²) in [6.45, 7) is 2.83. The summed E-state index contributed by atoms with van der Waals surface area (Å²) in [5.74, 6) is 1.52. The summed E-state index contributed by atoms with van der Waals surface area (Å²) in [6.07, 6.45) is 0. The van der Waals surface area contributed by atoms with Gasteiger partial charge in [-0.1, -0.05) is 30.3 Å². The van der Waals surface area contributed by atoms with Crippen LogP contribution < -0.4 is 20.8 Å². The number of nitrogens with two attached hydrogens (primary N) is 1. The Kier molecular flexibility index (Phi) is 4.42. The minimum atomic E-state index is -0.125. The number of hydrogen-bond donors (Lipinski definition) is 1. The average molecular weight is 324 g/mol. The summed E-state index contributed by atoms with van der Waals surface area (Å²) >= 11 is 0. The van der Waals surface area contributed by atoms with E-state index in [0.717, 1.165) is 5.56 Å². The molecule has 3 aromatic rings. The lowest BCUT2D eigenvalue weighted by Crippen LogP contribution is -2.22. The number of nitrogen functional groups attached to an aromatic ring is 1. The zero-order valence-corrected chi connectivity index (χ0v) is 13.8. The van der Waals surface area contributed by atoms with Gasteiger partial charge in [-0.3, -0.25) is 9.36 Å². The third-order valence-corrected chi connectivity index (χ3v) is 4.00. The van der Waals surface area contributed by atoms with E-state index in [0.29, 0.717) is 41.2 Å². The van der Waals surface area contributed by atoms with E-state index in [1.165, 1.54) is 4.57 Å². The molecular weight excluding hydrogens is 304 g/mol. The number of ether oxygens (including phenoxy) is 2. The van der Waals surface area contributed by atoms with Crippen LogP contribution in [0.2, 0.25) is 0 Å². The second-order valence-electron chi connectivity index (χ2n) is 5.45. The fourth-order valence-corrected chi connectivity index (χ4v) is 2.78. The Labute approximate surface area is 140 Å². The van der Waals surface area contributed by atoms with Crippen molar-refractivity contribution in [3.8, 4) is 11.5 Å². The van der Waals surface area contributed by atoms with Crippen LogP contribution >= 0.6 is 0 Å². The number of anilines is 1. The third-order valence-electron chi connectivity index (χ3n) is 4.00. The maximum atomic E-state index is 12.5. The van der Waals surface area contributed by atoms with Crippen molar-refractivity contribution in [3.05, 3.63) is 64.4 Å². The van der Waals surface area contributed by atoms with Gasteiger partial charge in [-0.15, -0.1) is 0 Å². The number of aromatic nitrogens is 1. The van der Waals surface area contributed by atoms with Gasteiger partial charge in [-0.05, 0) is 30.7 Å². The molecule has 0 saturated heterocycles. The number of rotatable bonds is 5. The fraction of sp³-hybridized carbons (Fsp3) is 0.211. The van der Waals surface area contributed by atoms with Crippen LogP contribution in [0, 0.1) is 0 Å². The average Bonchev–Trinajstić information content (AvgIpc) is 2.60. The van der Waals surface area contributed by atoms with Gasteiger partial charge < -0.3 is 15.2 Å². The predicted octanol–water partition coefficient (Wildman–Crippen LogP) is 3.19. The number of nitrogens with zero attached hydrogens (tertiary/aromatic N) is 1. The molecule has 5 heteroatoms. The minimum absolute atomic E-state index is 0.125. The Morgan fingerprint density at radius 3 is 2.50 bits per heavy atom. The van der Waals surface area contributed by atoms with Crippen LogP contribution in [0.5, 0.6) is 11.5 Å². The zero-order valence-electron chi connectivity index (χ0n) is 13.8. The highest BCUT2D eigenvalue weighted by molar-refractivity contribution is 5.91. The summed E-state index contributed by atoms with van der Waals surface area (Å²) in [5, 5.41) is 1.23. The van der Waals surface area contributed by atoms with Crippen molar-refractivity contribution < 1.29 is 9.47 Å². The van der Waals surface area contributed by atoms with Gasteiger partial charge in [-0.2, -0.15) is 0 Å². The monoisotopic (exact) mass is 324 g/mol. The smallest absolute Gasteiger partial charge is 0.260 e. The Hall–Kier alpha value is -2.95. The molecule has 0 amide bonds. The summed E-state index contributed by atoms with van der Waals surface area (Å²) < 4.78 is 12.9. The molecule has 0 spiro atoms. The van der Waals surface area contributed by atoms with Crippen LogP contribution in [0.1, 0.15) is 12.5 Å². The Balaban J connectivity index is 2.05. The van der Waals surface area contributed by atoms with Crippen molar-refractivity contribution >= 4 is 16.6 Å². The lowest BCUT2D eigenvalue weighted by atomic mass is 10.1. The van der Waals surface area contributed by atoms with Crippen molar-refractivity contribution in [2.45, 2.75) is 20.1 Å².